The van der Waals surface area contributed by atoms with Gasteiger partial charge < -0.3 is 24.6 Å². The Labute approximate surface area is 266 Å². The molecule has 3 aromatic heterocycles. The fourth-order valence-electron chi connectivity index (χ4n) is 5.84. The molecule has 1 aromatic carbocycles. The number of benzene rings is 1. The smallest absolute Gasteiger partial charge is 0.256 e. The number of ether oxygens (including phenoxy) is 3. The predicted octanol–water partition coefficient (Wildman–Crippen LogP) is 3.77. The Balaban J connectivity index is 1.11. The molecule has 4 heterocycles. The minimum absolute atomic E-state index is 0.0509. The average molecular weight is 639 g/mol. The molecule has 0 bridgehead atoms. The van der Waals surface area contributed by atoms with Crippen molar-refractivity contribution in [3.63, 3.8) is 0 Å². The molecule has 2 N–H and O–H groups in total. The van der Waals surface area contributed by atoms with Crippen molar-refractivity contribution in [1.82, 2.24) is 44.9 Å². The highest BCUT2D eigenvalue weighted by atomic mass is 35.5. The van der Waals surface area contributed by atoms with Crippen molar-refractivity contribution in [3.8, 4) is 22.8 Å². The molecule has 4 aromatic rings. The summed E-state index contributed by atoms with van der Waals surface area (Å²) in [5.74, 6) is 1.44. The number of aliphatic hydroxyl groups excluding tert-OH is 1. The number of anilines is 2. The number of hydrogen-bond acceptors (Lipinski definition) is 12. The van der Waals surface area contributed by atoms with Gasteiger partial charge in [-0.25, -0.2) is 14.6 Å². The fraction of sp³-hybridized carbons (Fsp3) is 0.533. The van der Waals surface area contributed by atoms with Crippen molar-refractivity contribution in [1.29, 1.82) is 0 Å². The third-order valence-electron chi connectivity index (χ3n) is 8.17. The second-order valence-corrected chi connectivity index (χ2v) is 11.8. The summed E-state index contributed by atoms with van der Waals surface area (Å²) in [7, 11) is 0. The normalized spacial score (nSPS) is 19.7. The Morgan fingerprint density at radius 2 is 1.87 bits per heavy atom. The van der Waals surface area contributed by atoms with Crippen molar-refractivity contribution in [2.75, 3.05) is 44.8 Å². The minimum Gasteiger partial charge on any atom is -0.487 e. The van der Waals surface area contributed by atoms with Gasteiger partial charge in [0.25, 0.3) is 5.88 Å². The van der Waals surface area contributed by atoms with Crippen LogP contribution in [0.5, 0.6) is 11.6 Å². The van der Waals surface area contributed by atoms with Crippen molar-refractivity contribution in [2.45, 2.75) is 63.8 Å². The molecule has 1 saturated carbocycles. The van der Waals surface area contributed by atoms with Crippen LogP contribution in [0.3, 0.4) is 0 Å². The lowest BCUT2D eigenvalue weighted by atomic mass is 9.90. The summed E-state index contributed by atoms with van der Waals surface area (Å²) in [4.78, 5) is 11.7. The second-order valence-electron chi connectivity index (χ2n) is 11.4. The van der Waals surface area contributed by atoms with Crippen molar-refractivity contribution in [3.05, 3.63) is 48.1 Å². The maximum absolute atomic E-state index is 9.26. The van der Waals surface area contributed by atoms with Crippen LogP contribution < -0.4 is 14.8 Å². The highest BCUT2D eigenvalue weighted by Gasteiger charge is 2.29. The molecular formula is C30H39ClN10O4. The molecule has 0 spiro atoms. The molecule has 6 rings (SSSR count). The lowest BCUT2D eigenvalue weighted by Crippen LogP contribution is -2.45. The van der Waals surface area contributed by atoms with E-state index in [-0.39, 0.29) is 12.7 Å². The van der Waals surface area contributed by atoms with Crippen LogP contribution >= 0.6 is 11.6 Å². The van der Waals surface area contributed by atoms with E-state index >= 15 is 0 Å². The van der Waals surface area contributed by atoms with Gasteiger partial charge >= 0.3 is 0 Å². The lowest BCUT2D eigenvalue weighted by Gasteiger charge is -2.38. The molecule has 1 aliphatic carbocycles. The summed E-state index contributed by atoms with van der Waals surface area (Å²) in [6.07, 6.45) is 11.7. The molecule has 15 heteroatoms. The van der Waals surface area contributed by atoms with Crippen LogP contribution in [0.15, 0.2) is 43.1 Å². The first kappa shape index (κ1) is 31.1. The topological polar surface area (TPSA) is 150 Å². The van der Waals surface area contributed by atoms with E-state index in [1.807, 2.05) is 29.9 Å². The third kappa shape index (κ3) is 8.06. The number of halogens is 1. The largest absolute Gasteiger partial charge is 0.487 e. The van der Waals surface area contributed by atoms with Crippen LogP contribution in [0.4, 0.5) is 11.6 Å². The number of morpholine rings is 1. The minimum atomic E-state index is -0.210. The quantitative estimate of drug-likeness (QED) is 0.205. The molecule has 1 unspecified atom stereocenters. The number of aliphatic hydroxyl groups is 1. The van der Waals surface area contributed by atoms with Gasteiger partial charge in [0, 0.05) is 50.1 Å². The number of nitrogens with one attached hydrogen (secondary N) is 1. The van der Waals surface area contributed by atoms with E-state index in [1.165, 1.54) is 6.33 Å². The van der Waals surface area contributed by atoms with Crippen LogP contribution in [0.2, 0.25) is 5.02 Å². The van der Waals surface area contributed by atoms with Crippen molar-refractivity contribution >= 4 is 23.2 Å². The van der Waals surface area contributed by atoms with E-state index in [4.69, 9.17) is 30.9 Å². The van der Waals surface area contributed by atoms with Gasteiger partial charge in [-0.15, -0.1) is 10.2 Å². The van der Waals surface area contributed by atoms with Gasteiger partial charge in [-0.05, 0) is 60.7 Å². The Morgan fingerprint density at radius 1 is 1.09 bits per heavy atom. The molecule has 0 radical (unpaired) electrons. The molecule has 45 heavy (non-hydrogen) atoms. The maximum Gasteiger partial charge on any atom is 0.256 e. The van der Waals surface area contributed by atoms with E-state index in [2.05, 4.69) is 35.7 Å². The maximum atomic E-state index is 9.26. The fourth-order valence-corrected chi connectivity index (χ4v) is 6.00. The van der Waals surface area contributed by atoms with Gasteiger partial charge in [0.15, 0.2) is 0 Å². The summed E-state index contributed by atoms with van der Waals surface area (Å²) >= 11 is 6.43. The Morgan fingerprint density at radius 3 is 2.60 bits per heavy atom. The van der Waals surface area contributed by atoms with Crippen LogP contribution in [-0.2, 0) is 11.3 Å². The molecular weight excluding hydrogens is 600 g/mol. The zero-order chi connectivity index (χ0) is 31.0. The molecule has 2 aliphatic rings. The van der Waals surface area contributed by atoms with Gasteiger partial charge in [-0.3, -0.25) is 9.58 Å². The number of aromatic nitrogens is 8. The number of rotatable bonds is 13. The first-order chi connectivity index (χ1) is 22.1. The highest BCUT2D eigenvalue weighted by molar-refractivity contribution is 6.32. The first-order valence-electron chi connectivity index (χ1n) is 15.5. The molecule has 1 aliphatic heterocycles. The van der Waals surface area contributed by atoms with E-state index in [0.717, 1.165) is 63.1 Å². The number of hydrogen-bond donors (Lipinski definition) is 2. The van der Waals surface area contributed by atoms with Crippen LogP contribution in [0, 0.1) is 0 Å². The Bertz CT molecular complexity index is 1490. The van der Waals surface area contributed by atoms with E-state index < -0.39 is 0 Å². The number of nitrogens with zero attached hydrogens (tertiary/aromatic N) is 9. The summed E-state index contributed by atoms with van der Waals surface area (Å²) in [6, 6.07) is 6.46. The molecule has 240 valence electrons. The van der Waals surface area contributed by atoms with E-state index in [0.29, 0.717) is 59.9 Å². The van der Waals surface area contributed by atoms with Crippen LogP contribution in [-0.4, -0.2) is 102 Å². The van der Waals surface area contributed by atoms with Gasteiger partial charge in [-0.2, -0.15) is 0 Å². The summed E-state index contributed by atoms with van der Waals surface area (Å²) in [6.45, 7) is 6.50. The van der Waals surface area contributed by atoms with Gasteiger partial charge in [0.2, 0.25) is 5.95 Å². The van der Waals surface area contributed by atoms with Gasteiger partial charge in [0.1, 0.15) is 23.9 Å². The van der Waals surface area contributed by atoms with E-state index in [1.54, 1.807) is 23.1 Å². The molecule has 0 amide bonds. The average Bonchev–Trinajstić information content (AvgIpc) is 3.73. The second kappa shape index (κ2) is 15.0. The summed E-state index contributed by atoms with van der Waals surface area (Å²) in [5, 5.41) is 29.0. The van der Waals surface area contributed by atoms with Crippen LogP contribution in [0.25, 0.3) is 11.1 Å². The number of tetrazole rings is 1. The first-order valence-corrected chi connectivity index (χ1v) is 15.8. The van der Waals surface area contributed by atoms with Crippen molar-refractivity contribution in [2.24, 2.45) is 0 Å². The summed E-state index contributed by atoms with van der Waals surface area (Å²) in [5.41, 5.74) is 2.36. The summed E-state index contributed by atoms with van der Waals surface area (Å²) < 4.78 is 21.2. The zero-order valence-corrected chi connectivity index (χ0v) is 26.1. The highest BCUT2D eigenvalue weighted by Crippen LogP contribution is 2.35. The Hall–Kier alpha value is -3.85. The SMILES string of the molecule is CC(Cn1cnnn1)Oc1cc(-c2cnc(Nc3cn(C4CCC(N5CCOCC5)CC4)nc3OCCCO)nc2)ccc1Cl. The molecule has 1 saturated heterocycles. The zero-order valence-electron chi connectivity index (χ0n) is 25.3. The van der Waals surface area contributed by atoms with Gasteiger partial charge in [-0.1, -0.05) is 17.7 Å². The van der Waals surface area contributed by atoms with Crippen molar-refractivity contribution < 1.29 is 19.3 Å². The standard InChI is InChI=1S/C30H39ClN10O4/c1-21(18-40-20-34-37-38-40)45-28-15-22(3-8-26(28)31)23-16-32-30(33-17-23)35-27-19-41(36-29(27)44-12-2-11-42)25-6-4-24(5-7-25)39-9-13-43-14-10-39/h3,8,15-17,19-21,24-25,42H,2,4-7,9-14,18H2,1H3,(H,32,33,35). The Kier molecular flexibility index (Phi) is 10.4. The molecule has 1 atom stereocenters. The monoisotopic (exact) mass is 638 g/mol. The lowest BCUT2D eigenvalue weighted by molar-refractivity contribution is 0.00503. The predicted molar refractivity (Wildman–Crippen MR) is 167 cm³/mol. The third-order valence-corrected chi connectivity index (χ3v) is 8.48. The van der Waals surface area contributed by atoms with E-state index in [9.17, 15) is 5.11 Å². The molecule has 2 fully saturated rings. The van der Waals surface area contributed by atoms with Crippen LogP contribution in [0.1, 0.15) is 45.1 Å². The molecule has 14 nitrogen and oxygen atoms in total. The van der Waals surface area contributed by atoms with Gasteiger partial charge in [0.05, 0.1) is 43.6 Å².